The zero-order chi connectivity index (χ0) is 13.3. The summed E-state index contributed by atoms with van der Waals surface area (Å²) in [7, 11) is 0. The Balaban J connectivity index is 2.17. The maximum absolute atomic E-state index is 11.7. The number of carbonyl (C=O) groups excluding carboxylic acids is 1. The largest absolute Gasteiger partial charge is 0.326 e. The molecule has 0 fully saturated rings. The van der Waals surface area contributed by atoms with E-state index in [9.17, 15) is 9.59 Å². The first-order chi connectivity index (χ1) is 8.33. The maximum Gasteiger partial charge on any atom is 0.323 e. The summed E-state index contributed by atoms with van der Waals surface area (Å²) in [6.45, 7) is 3.58. The van der Waals surface area contributed by atoms with E-state index >= 15 is 0 Å². The Morgan fingerprint density at radius 1 is 1.33 bits per heavy atom. The van der Waals surface area contributed by atoms with Gasteiger partial charge in [-0.25, -0.2) is 4.79 Å². The molecule has 1 amide bonds. The molecule has 0 bridgehead atoms. The first-order valence-electron chi connectivity index (χ1n) is 5.64. The number of hydrogen-bond donors (Lipinski definition) is 4. The Hall–Kier alpha value is -2.08. The average molecular weight is 248 g/mol. The van der Waals surface area contributed by atoms with Crippen molar-refractivity contribution in [3.8, 4) is 0 Å². The number of carbonyl (C=O) groups is 1. The number of anilines is 1. The van der Waals surface area contributed by atoms with E-state index in [4.69, 9.17) is 5.73 Å². The van der Waals surface area contributed by atoms with Crippen LogP contribution in [0.3, 0.4) is 0 Å². The van der Waals surface area contributed by atoms with Gasteiger partial charge in [-0.3, -0.25) is 4.79 Å². The van der Waals surface area contributed by atoms with E-state index < -0.39 is 5.54 Å². The maximum atomic E-state index is 11.7. The molecule has 1 heterocycles. The van der Waals surface area contributed by atoms with E-state index in [-0.39, 0.29) is 18.0 Å². The molecule has 0 radical (unpaired) electrons. The molecule has 0 saturated carbocycles. The molecule has 0 unspecified atom stereocenters. The Bertz CT molecular complexity index is 633. The summed E-state index contributed by atoms with van der Waals surface area (Å²) in [5.41, 5.74) is 6.95. The minimum Gasteiger partial charge on any atom is -0.326 e. The molecule has 5 N–H and O–H groups in total. The van der Waals surface area contributed by atoms with Crippen molar-refractivity contribution in [2.75, 3.05) is 5.32 Å². The van der Waals surface area contributed by atoms with Crippen LogP contribution in [0.2, 0.25) is 0 Å². The van der Waals surface area contributed by atoms with Crippen molar-refractivity contribution in [3.63, 3.8) is 0 Å². The Morgan fingerprint density at radius 2 is 2.00 bits per heavy atom. The second-order valence-corrected chi connectivity index (χ2v) is 5.05. The number of H-pyrrole nitrogens is 2. The topological polar surface area (TPSA) is 104 Å². The van der Waals surface area contributed by atoms with Gasteiger partial charge < -0.3 is 21.0 Å². The predicted octanol–water partition coefficient (Wildman–Crippen LogP) is 0.922. The first kappa shape index (κ1) is 12.4. The van der Waals surface area contributed by atoms with E-state index in [0.29, 0.717) is 16.7 Å². The zero-order valence-corrected chi connectivity index (χ0v) is 10.3. The molecular formula is C12H16N4O2. The standard InChI is InChI=1S/C12H16N4O2/c1-12(2,13)6-10(17)14-7-3-4-8-9(5-7)16-11(18)15-8/h3-5H,6,13H2,1-2H3,(H,14,17)(H2,15,16,18). The highest BCUT2D eigenvalue weighted by Gasteiger charge is 2.16. The van der Waals surface area contributed by atoms with E-state index in [2.05, 4.69) is 15.3 Å². The van der Waals surface area contributed by atoms with Gasteiger partial charge in [-0.1, -0.05) is 0 Å². The van der Waals surface area contributed by atoms with Gasteiger partial charge in [0, 0.05) is 17.6 Å². The summed E-state index contributed by atoms with van der Waals surface area (Å²) in [6, 6.07) is 5.17. The second kappa shape index (κ2) is 4.30. The third kappa shape index (κ3) is 2.98. The summed E-state index contributed by atoms with van der Waals surface area (Å²) in [5.74, 6) is -0.153. The summed E-state index contributed by atoms with van der Waals surface area (Å²) in [5, 5.41) is 2.74. The number of aromatic nitrogens is 2. The molecular weight excluding hydrogens is 232 g/mol. The lowest BCUT2D eigenvalue weighted by Crippen LogP contribution is -2.36. The lowest BCUT2D eigenvalue weighted by Gasteiger charge is -2.17. The number of rotatable bonds is 3. The van der Waals surface area contributed by atoms with Crippen LogP contribution >= 0.6 is 0 Å². The highest BCUT2D eigenvalue weighted by atomic mass is 16.1. The number of hydrogen-bond acceptors (Lipinski definition) is 3. The van der Waals surface area contributed by atoms with Crippen LogP contribution in [0, 0.1) is 0 Å². The van der Waals surface area contributed by atoms with Crippen molar-refractivity contribution < 1.29 is 4.79 Å². The number of aromatic amines is 2. The number of fused-ring (bicyclic) bond motifs is 1. The van der Waals surface area contributed by atoms with Crippen LogP contribution in [0.5, 0.6) is 0 Å². The van der Waals surface area contributed by atoms with Crippen LogP contribution < -0.4 is 16.7 Å². The van der Waals surface area contributed by atoms with Crippen molar-refractivity contribution in [2.24, 2.45) is 5.73 Å². The van der Waals surface area contributed by atoms with Crippen LogP contribution in [0.1, 0.15) is 20.3 Å². The normalized spacial score (nSPS) is 11.7. The third-order valence-corrected chi connectivity index (χ3v) is 2.42. The lowest BCUT2D eigenvalue weighted by atomic mass is 10.0. The summed E-state index contributed by atoms with van der Waals surface area (Å²) in [4.78, 5) is 28.1. The molecule has 0 aliphatic heterocycles. The van der Waals surface area contributed by atoms with Crippen molar-refractivity contribution >= 4 is 22.6 Å². The molecule has 2 aromatic rings. The predicted molar refractivity (Wildman–Crippen MR) is 70.4 cm³/mol. The minimum absolute atomic E-state index is 0.153. The summed E-state index contributed by atoms with van der Waals surface area (Å²) >= 11 is 0. The first-order valence-corrected chi connectivity index (χ1v) is 5.64. The molecule has 1 aromatic heterocycles. The van der Waals surface area contributed by atoms with Gasteiger partial charge >= 0.3 is 5.69 Å². The molecule has 0 saturated heterocycles. The summed E-state index contributed by atoms with van der Waals surface area (Å²) < 4.78 is 0. The highest BCUT2D eigenvalue weighted by molar-refractivity contribution is 5.93. The molecule has 1 aromatic carbocycles. The smallest absolute Gasteiger partial charge is 0.323 e. The fourth-order valence-corrected chi connectivity index (χ4v) is 1.73. The van der Waals surface area contributed by atoms with Crippen molar-refractivity contribution in [1.29, 1.82) is 0 Å². The van der Waals surface area contributed by atoms with Gasteiger partial charge in [0.05, 0.1) is 11.0 Å². The van der Waals surface area contributed by atoms with Crippen LogP contribution in [0.25, 0.3) is 11.0 Å². The monoisotopic (exact) mass is 248 g/mol. The quantitative estimate of drug-likeness (QED) is 0.649. The average Bonchev–Trinajstić information content (AvgIpc) is 2.53. The minimum atomic E-state index is -0.545. The molecule has 6 heteroatoms. The lowest BCUT2D eigenvalue weighted by molar-refractivity contribution is -0.117. The van der Waals surface area contributed by atoms with Gasteiger partial charge in [-0.2, -0.15) is 0 Å². The fraction of sp³-hybridized carbons (Fsp3) is 0.333. The van der Waals surface area contributed by atoms with Gasteiger partial charge in [0.25, 0.3) is 0 Å². The van der Waals surface area contributed by atoms with E-state index in [1.807, 2.05) is 0 Å². The Morgan fingerprint density at radius 3 is 2.67 bits per heavy atom. The molecule has 96 valence electrons. The van der Waals surface area contributed by atoms with Gasteiger partial charge in [-0.05, 0) is 32.0 Å². The zero-order valence-electron chi connectivity index (χ0n) is 10.3. The van der Waals surface area contributed by atoms with Crippen LogP contribution in [-0.2, 0) is 4.79 Å². The van der Waals surface area contributed by atoms with Crippen molar-refractivity contribution in [1.82, 2.24) is 9.97 Å². The SMILES string of the molecule is CC(C)(N)CC(=O)Nc1ccc2[nH]c(=O)[nH]c2c1. The molecule has 18 heavy (non-hydrogen) atoms. The van der Waals surface area contributed by atoms with Crippen LogP contribution in [0.15, 0.2) is 23.0 Å². The molecule has 0 aliphatic carbocycles. The van der Waals surface area contributed by atoms with Crippen molar-refractivity contribution in [3.05, 3.63) is 28.7 Å². The molecule has 6 nitrogen and oxygen atoms in total. The van der Waals surface area contributed by atoms with E-state index in [1.165, 1.54) is 0 Å². The Labute approximate surface area is 104 Å². The summed E-state index contributed by atoms with van der Waals surface area (Å²) in [6.07, 6.45) is 0.231. The van der Waals surface area contributed by atoms with E-state index in [1.54, 1.807) is 32.0 Å². The van der Waals surface area contributed by atoms with E-state index in [0.717, 1.165) is 0 Å². The van der Waals surface area contributed by atoms with Crippen LogP contribution in [0.4, 0.5) is 5.69 Å². The van der Waals surface area contributed by atoms with Gasteiger partial charge in [0.1, 0.15) is 0 Å². The number of amides is 1. The molecule has 0 spiro atoms. The second-order valence-electron chi connectivity index (χ2n) is 5.05. The molecule has 0 aliphatic rings. The molecule has 2 rings (SSSR count). The number of nitrogens with two attached hydrogens (primary N) is 1. The Kier molecular flexibility index (Phi) is 2.96. The fourth-order valence-electron chi connectivity index (χ4n) is 1.73. The molecule has 0 atom stereocenters. The van der Waals surface area contributed by atoms with Crippen molar-refractivity contribution in [2.45, 2.75) is 25.8 Å². The van der Waals surface area contributed by atoms with Gasteiger partial charge in [0.2, 0.25) is 5.91 Å². The number of benzene rings is 1. The third-order valence-electron chi connectivity index (χ3n) is 2.42. The number of nitrogens with one attached hydrogen (secondary N) is 3. The van der Waals surface area contributed by atoms with Gasteiger partial charge in [-0.15, -0.1) is 0 Å². The van der Waals surface area contributed by atoms with Gasteiger partial charge in [0.15, 0.2) is 0 Å². The number of imidazole rings is 1. The highest BCUT2D eigenvalue weighted by Crippen LogP contribution is 2.15. The van der Waals surface area contributed by atoms with Crippen LogP contribution in [-0.4, -0.2) is 21.4 Å².